The lowest BCUT2D eigenvalue weighted by atomic mass is 9.96. The van der Waals surface area contributed by atoms with Crippen molar-refractivity contribution >= 4 is 17.4 Å². The number of hydrogen-bond donors (Lipinski definition) is 1. The summed E-state index contributed by atoms with van der Waals surface area (Å²) in [5, 5.41) is 4.44. The summed E-state index contributed by atoms with van der Waals surface area (Å²) in [7, 11) is 1.64. The van der Waals surface area contributed by atoms with Gasteiger partial charge in [0.1, 0.15) is 17.4 Å². The van der Waals surface area contributed by atoms with Crippen LogP contribution in [0.15, 0.2) is 30.5 Å². The van der Waals surface area contributed by atoms with Gasteiger partial charge < -0.3 is 9.64 Å². The summed E-state index contributed by atoms with van der Waals surface area (Å²) in [6.07, 6.45) is 5.95. The normalized spacial score (nSPS) is 20.6. The molecule has 0 bridgehead atoms. The quantitative estimate of drug-likeness (QED) is 0.798. The van der Waals surface area contributed by atoms with E-state index >= 15 is 0 Å². The molecule has 2 fully saturated rings. The largest absolute Gasteiger partial charge is 0.495 e. The minimum absolute atomic E-state index is 0.0598. The molecule has 6 heteroatoms. The number of aromatic nitrogens is 2. The maximum Gasteiger partial charge on any atom is 0.137 e. The fraction of sp³-hybridized carbons (Fsp3) is 0.545. The molecule has 1 saturated heterocycles. The monoisotopic (exact) mass is 400 g/mol. The highest BCUT2D eigenvalue weighted by Gasteiger charge is 2.55. The van der Waals surface area contributed by atoms with Gasteiger partial charge in [-0.2, -0.15) is 0 Å². The number of methoxy groups -OCH3 is 1. The van der Waals surface area contributed by atoms with Crippen LogP contribution in [0.3, 0.4) is 0 Å². The molecule has 1 spiro atoms. The molecular weight excluding hydrogens is 372 g/mol. The summed E-state index contributed by atoms with van der Waals surface area (Å²) in [4.78, 5) is 11.8. The minimum Gasteiger partial charge on any atom is -0.495 e. The third-order valence-corrected chi connectivity index (χ3v) is 6.25. The Labute approximate surface area is 172 Å². The molecule has 1 aromatic heterocycles. The molecular formula is C22H29ClN4O. The zero-order chi connectivity index (χ0) is 19.9. The molecule has 5 nitrogen and oxygen atoms in total. The van der Waals surface area contributed by atoms with Crippen LogP contribution >= 0.6 is 11.6 Å². The molecule has 28 heavy (non-hydrogen) atoms. The summed E-state index contributed by atoms with van der Waals surface area (Å²) in [5.74, 6) is 2.62. The fourth-order valence-corrected chi connectivity index (χ4v) is 4.38. The van der Waals surface area contributed by atoms with E-state index in [-0.39, 0.29) is 11.6 Å². The van der Waals surface area contributed by atoms with E-state index in [0.29, 0.717) is 16.2 Å². The zero-order valence-corrected chi connectivity index (χ0v) is 17.9. The van der Waals surface area contributed by atoms with Gasteiger partial charge in [0.25, 0.3) is 0 Å². The molecule has 1 saturated carbocycles. The molecule has 2 aromatic rings. The van der Waals surface area contributed by atoms with Gasteiger partial charge in [0.2, 0.25) is 0 Å². The molecule has 0 amide bonds. The molecule has 1 aliphatic heterocycles. The van der Waals surface area contributed by atoms with Gasteiger partial charge in [0.15, 0.2) is 0 Å². The van der Waals surface area contributed by atoms with Crippen molar-refractivity contribution in [2.45, 2.75) is 58.2 Å². The molecule has 0 radical (unpaired) electrons. The van der Waals surface area contributed by atoms with Crippen LogP contribution in [0.25, 0.3) is 0 Å². The third-order valence-electron chi connectivity index (χ3n) is 5.96. The first-order chi connectivity index (χ1) is 13.3. The summed E-state index contributed by atoms with van der Waals surface area (Å²) < 4.78 is 5.26. The van der Waals surface area contributed by atoms with Crippen LogP contribution in [0.5, 0.6) is 5.75 Å². The lowest BCUT2D eigenvalue weighted by molar-refractivity contribution is 0.378. The molecule has 4 rings (SSSR count). The van der Waals surface area contributed by atoms with Gasteiger partial charge in [-0.25, -0.2) is 9.97 Å². The Hall–Kier alpha value is -1.85. The number of ether oxygens (including phenoxy) is 1. The SMILES string of the molecule is COc1ccc(CNC2N(c3ccnc(C(C)(C)C)n3)CCC23CC3)cc1Cl. The van der Waals surface area contributed by atoms with E-state index in [1.54, 1.807) is 7.11 Å². The maximum absolute atomic E-state index is 6.30. The second-order valence-corrected chi connectivity index (χ2v) is 9.45. The van der Waals surface area contributed by atoms with Gasteiger partial charge in [-0.3, -0.25) is 5.32 Å². The lowest BCUT2D eigenvalue weighted by Crippen LogP contribution is -2.46. The van der Waals surface area contributed by atoms with Crippen LogP contribution in [0.1, 0.15) is 51.4 Å². The molecule has 2 aliphatic rings. The summed E-state index contributed by atoms with van der Waals surface area (Å²) in [6, 6.07) is 8.02. The van der Waals surface area contributed by atoms with Crippen LogP contribution in [-0.4, -0.2) is 29.8 Å². The predicted octanol–water partition coefficient (Wildman–Crippen LogP) is 4.54. The van der Waals surface area contributed by atoms with E-state index in [1.807, 2.05) is 24.4 Å². The van der Waals surface area contributed by atoms with Crippen molar-refractivity contribution in [3.63, 3.8) is 0 Å². The van der Waals surface area contributed by atoms with Crippen LogP contribution in [0.2, 0.25) is 5.02 Å². The zero-order valence-electron chi connectivity index (χ0n) is 17.1. The van der Waals surface area contributed by atoms with Crippen molar-refractivity contribution < 1.29 is 4.74 Å². The molecule has 2 heterocycles. The second-order valence-electron chi connectivity index (χ2n) is 9.05. The number of anilines is 1. The number of nitrogens with one attached hydrogen (secondary N) is 1. The van der Waals surface area contributed by atoms with Crippen molar-refractivity contribution in [3.05, 3.63) is 46.9 Å². The topological polar surface area (TPSA) is 50.3 Å². The van der Waals surface area contributed by atoms with E-state index in [0.717, 1.165) is 30.3 Å². The molecule has 1 aliphatic carbocycles. The van der Waals surface area contributed by atoms with Gasteiger partial charge in [-0.05, 0) is 43.0 Å². The number of rotatable bonds is 5. The molecule has 1 N–H and O–H groups in total. The minimum atomic E-state index is -0.0598. The first-order valence-electron chi connectivity index (χ1n) is 9.98. The van der Waals surface area contributed by atoms with Gasteiger partial charge >= 0.3 is 0 Å². The number of halogens is 1. The maximum atomic E-state index is 6.30. The van der Waals surface area contributed by atoms with Gasteiger partial charge in [0.05, 0.1) is 18.3 Å². The highest BCUT2D eigenvalue weighted by Crippen LogP contribution is 2.56. The van der Waals surface area contributed by atoms with Crippen molar-refractivity contribution in [2.75, 3.05) is 18.6 Å². The lowest BCUT2D eigenvalue weighted by Gasteiger charge is -2.31. The average Bonchev–Trinajstić information content (AvgIpc) is 3.35. The fourth-order valence-electron chi connectivity index (χ4n) is 4.10. The average molecular weight is 401 g/mol. The number of hydrogen-bond acceptors (Lipinski definition) is 5. The van der Waals surface area contributed by atoms with E-state index in [4.69, 9.17) is 21.3 Å². The smallest absolute Gasteiger partial charge is 0.137 e. The molecule has 1 aromatic carbocycles. The van der Waals surface area contributed by atoms with Crippen molar-refractivity contribution in [1.29, 1.82) is 0 Å². The highest BCUT2D eigenvalue weighted by molar-refractivity contribution is 6.32. The van der Waals surface area contributed by atoms with Crippen LogP contribution in [-0.2, 0) is 12.0 Å². The third kappa shape index (κ3) is 3.70. The van der Waals surface area contributed by atoms with Gasteiger partial charge in [-0.15, -0.1) is 0 Å². The Bertz CT molecular complexity index is 860. The van der Waals surface area contributed by atoms with Crippen molar-refractivity contribution in [3.8, 4) is 5.75 Å². The molecule has 150 valence electrons. The Balaban J connectivity index is 1.54. The first kappa shape index (κ1) is 19.5. The number of nitrogens with zero attached hydrogens (tertiary/aromatic N) is 3. The summed E-state index contributed by atoms with van der Waals surface area (Å²) in [6.45, 7) is 8.26. The van der Waals surface area contributed by atoms with Crippen LogP contribution in [0, 0.1) is 5.41 Å². The molecule has 1 unspecified atom stereocenters. The summed E-state index contributed by atoms with van der Waals surface area (Å²) >= 11 is 6.30. The Morgan fingerprint density at radius 2 is 2.04 bits per heavy atom. The van der Waals surface area contributed by atoms with E-state index < -0.39 is 0 Å². The standard InChI is InChI=1S/C22H29ClN4O/c1-21(2,3)19-24-11-7-18(26-19)27-12-10-22(8-9-22)20(27)25-14-15-5-6-17(28-4)16(23)13-15/h5-7,11,13,20,25H,8-10,12,14H2,1-4H3. The number of benzene rings is 1. The first-order valence-corrected chi connectivity index (χ1v) is 10.4. The van der Waals surface area contributed by atoms with Gasteiger partial charge in [-0.1, -0.05) is 38.4 Å². The van der Waals surface area contributed by atoms with Crippen LogP contribution < -0.4 is 15.0 Å². The van der Waals surface area contributed by atoms with E-state index in [2.05, 4.69) is 42.0 Å². The summed E-state index contributed by atoms with van der Waals surface area (Å²) in [5.41, 5.74) is 1.48. The van der Waals surface area contributed by atoms with E-state index in [1.165, 1.54) is 19.3 Å². The predicted molar refractivity (Wildman–Crippen MR) is 113 cm³/mol. The van der Waals surface area contributed by atoms with Crippen molar-refractivity contribution in [1.82, 2.24) is 15.3 Å². The Kier molecular flexibility index (Phi) is 5.00. The molecule has 1 atom stereocenters. The van der Waals surface area contributed by atoms with Crippen molar-refractivity contribution in [2.24, 2.45) is 5.41 Å². The second kappa shape index (κ2) is 7.20. The Morgan fingerprint density at radius 3 is 2.68 bits per heavy atom. The van der Waals surface area contributed by atoms with Crippen LogP contribution in [0.4, 0.5) is 5.82 Å². The van der Waals surface area contributed by atoms with Gasteiger partial charge in [0, 0.05) is 30.1 Å². The highest BCUT2D eigenvalue weighted by atomic mass is 35.5. The Morgan fingerprint density at radius 1 is 1.25 bits per heavy atom. The van der Waals surface area contributed by atoms with E-state index in [9.17, 15) is 0 Å².